The molecule has 1 atom stereocenters. The zero-order chi connectivity index (χ0) is 14.5. The van der Waals surface area contributed by atoms with Crippen molar-refractivity contribution < 1.29 is 4.79 Å². The number of hydrogen-bond donors (Lipinski definition) is 3. The predicted molar refractivity (Wildman–Crippen MR) is 83.3 cm³/mol. The highest BCUT2D eigenvalue weighted by atomic mass is 32.1. The normalized spacial score (nSPS) is 11.9. The van der Waals surface area contributed by atoms with E-state index < -0.39 is 0 Å². The fraction of sp³-hybridized carbons (Fsp3) is 0.286. The zero-order valence-electron chi connectivity index (χ0n) is 11.5. The lowest BCUT2D eigenvalue weighted by molar-refractivity contribution is 0.0964. The Labute approximate surface area is 122 Å². The van der Waals surface area contributed by atoms with Crippen LogP contribution in [0.1, 0.15) is 28.2 Å². The van der Waals surface area contributed by atoms with Gasteiger partial charge in [-0.1, -0.05) is 6.92 Å². The van der Waals surface area contributed by atoms with Crippen molar-refractivity contribution >= 4 is 28.6 Å². The summed E-state index contributed by atoms with van der Waals surface area (Å²) in [4.78, 5) is 16.1. The molecular weight excluding hydrogens is 272 g/mol. The minimum atomic E-state index is -0.130. The molecule has 0 spiro atoms. The summed E-state index contributed by atoms with van der Waals surface area (Å²) in [5.74, 6) is 0.142. The second kappa shape index (κ2) is 6.38. The Kier molecular flexibility index (Phi) is 4.57. The molecule has 1 aromatic heterocycles. The quantitative estimate of drug-likeness (QED) is 0.738. The zero-order valence-corrected chi connectivity index (χ0v) is 12.3. The highest BCUT2D eigenvalue weighted by molar-refractivity contribution is 7.09. The number of thiazole rings is 1. The molecular formula is C14H18N4OS. The lowest BCUT2D eigenvalue weighted by Gasteiger charge is -2.15. The molecule has 0 saturated heterocycles. The van der Waals surface area contributed by atoms with Crippen LogP contribution in [0.25, 0.3) is 0 Å². The molecule has 1 unspecified atom stereocenters. The van der Waals surface area contributed by atoms with E-state index in [0.29, 0.717) is 17.8 Å². The van der Waals surface area contributed by atoms with Crippen LogP contribution in [0.3, 0.4) is 0 Å². The van der Waals surface area contributed by atoms with E-state index in [0.717, 1.165) is 10.7 Å². The molecule has 5 nitrogen and oxygen atoms in total. The van der Waals surface area contributed by atoms with E-state index in [1.54, 1.807) is 42.8 Å². The van der Waals surface area contributed by atoms with Gasteiger partial charge in [0.2, 0.25) is 0 Å². The van der Waals surface area contributed by atoms with Gasteiger partial charge in [-0.05, 0) is 18.2 Å². The third kappa shape index (κ3) is 3.27. The molecule has 0 aliphatic rings. The second-order valence-electron chi connectivity index (χ2n) is 4.54. The van der Waals surface area contributed by atoms with Gasteiger partial charge in [-0.3, -0.25) is 4.79 Å². The highest BCUT2D eigenvalue weighted by Gasteiger charge is 2.12. The average Bonchev–Trinajstić information content (AvgIpc) is 2.98. The number of nitrogens with one attached hydrogen (secondary N) is 2. The van der Waals surface area contributed by atoms with Gasteiger partial charge in [-0.15, -0.1) is 11.3 Å². The SMILES string of the molecule is CNC(=O)c1ccc(N)cc1NCC(C)c1nccs1. The van der Waals surface area contributed by atoms with Crippen molar-refractivity contribution in [2.75, 3.05) is 24.6 Å². The Hall–Kier alpha value is -2.08. The largest absolute Gasteiger partial charge is 0.399 e. The lowest BCUT2D eigenvalue weighted by Crippen LogP contribution is -2.20. The molecule has 0 fully saturated rings. The number of hydrogen-bond acceptors (Lipinski definition) is 5. The fourth-order valence-corrected chi connectivity index (χ4v) is 2.57. The van der Waals surface area contributed by atoms with Gasteiger partial charge >= 0.3 is 0 Å². The summed E-state index contributed by atoms with van der Waals surface area (Å²) in [6.07, 6.45) is 1.80. The van der Waals surface area contributed by atoms with Crippen molar-refractivity contribution in [3.63, 3.8) is 0 Å². The summed E-state index contributed by atoms with van der Waals surface area (Å²) >= 11 is 1.63. The maximum absolute atomic E-state index is 11.8. The predicted octanol–water partition coefficient (Wildman–Crippen LogP) is 2.30. The first-order chi connectivity index (χ1) is 9.61. The van der Waals surface area contributed by atoms with Crippen LogP contribution in [-0.4, -0.2) is 24.5 Å². The molecule has 0 aliphatic heterocycles. The first-order valence-electron chi connectivity index (χ1n) is 6.36. The van der Waals surface area contributed by atoms with E-state index in [1.165, 1.54) is 0 Å². The van der Waals surface area contributed by atoms with Gasteiger partial charge in [0.25, 0.3) is 5.91 Å². The van der Waals surface area contributed by atoms with Crippen molar-refractivity contribution in [3.05, 3.63) is 40.3 Å². The second-order valence-corrected chi connectivity index (χ2v) is 5.46. The number of carbonyl (C=O) groups is 1. The minimum Gasteiger partial charge on any atom is -0.399 e. The molecule has 1 amide bonds. The molecule has 0 aliphatic carbocycles. The van der Waals surface area contributed by atoms with E-state index in [2.05, 4.69) is 22.5 Å². The fourth-order valence-electron chi connectivity index (χ4n) is 1.87. The van der Waals surface area contributed by atoms with E-state index in [9.17, 15) is 4.79 Å². The summed E-state index contributed by atoms with van der Waals surface area (Å²) in [5, 5.41) is 8.94. The van der Waals surface area contributed by atoms with Crippen LogP contribution in [0.5, 0.6) is 0 Å². The van der Waals surface area contributed by atoms with Gasteiger partial charge in [-0.2, -0.15) is 0 Å². The van der Waals surface area contributed by atoms with E-state index in [1.807, 2.05) is 5.38 Å². The molecule has 0 saturated carbocycles. The van der Waals surface area contributed by atoms with E-state index in [4.69, 9.17) is 5.73 Å². The first-order valence-corrected chi connectivity index (χ1v) is 7.24. The Morgan fingerprint density at radius 2 is 2.30 bits per heavy atom. The Bertz CT molecular complexity index is 583. The molecule has 2 rings (SSSR count). The molecule has 4 N–H and O–H groups in total. The van der Waals surface area contributed by atoms with Crippen LogP contribution in [0.15, 0.2) is 29.8 Å². The summed E-state index contributed by atoms with van der Waals surface area (Å²) < 4.78 is 0. The van der Waals surface area contributed by atoms with Gasteiger partial charge < -0.3 is 16.4 Å². The van der Waals surface area contributed by atoms with Crippen molar-refractivity contribution in [2.24, 2.45) is 0 Å². The van der Waals surface area contributed by atoms with Gasteiger partial charge in [0.1, 0.15) is 0 Å². The molecule has 2 aromatic rings. The number of aromatic nitrogens is 1. The number of benzene rings is 1. The number of nitrogen functional groups attached to an aromatic ring is 1. The number of carbonyl (C=O) groups excluding carboxylic acids is 1. The van der Waals surface area contributed by atoms with E-state index in [-0.39, 0.29) is 11.8 Å². The topological polar surface area (TPSA) is 80.0 Å². The smallest absolute Gasteiger partial charge is 0.253 e. The molecule has 1 heterocycles. The summed E-state index contributed by atoms with van der Waals surface area (Å²) in [6, 6.07) is 5.23. The van der Waals surface area contributed by atoms with Gasteiger partial charge in [0.15, 0.2) is 0 Å². The van der Waals surface area contributed by atoms with Crippen LogP contribution in [0.2, 0.25) is 0 Å². The molecule has 20 heavy (non-hydrogen) atoms. The third-order valence-corrected chi connectivity index (χ3v) is 3.99. The van der Waals surface area contributed by atoms with Gasteiger partial charge in [0, 0.05) is 42.5 Å². The number of nitrogens with two attached hydrogens (primary N) is 1. The molecule has 1 aromatic carbocycles. The number of rotatable bonds is 5. The summed E-state index contributed by atoms with van der Waals surface area (Å²) in [5.41, 5.74) is 7.75. The van der Waals surface area contributed by atoms with Crippen LogP contribution in [0.4, 0.5) is 11.4 Å². The maximum atomic E-state index is 11.8. The third-order valence-electron chi connectivity index (χ3n) is 2.99. The monoisotopic (exact) mass is 290 g/mol. The van der Waals surface area contributed by atoms with E-state index >= 15 is 0 Å². The summed E-state index contributed by atoms with van der Waals surface area (Å²) in [7, 11) is 1.61. The minimum absolute atomic E-state index is 0.130. The Morgan fingerprint density at radius 1 is 1.50 bits per heavy atom. The number of anilines is 2. The van der Waals surface area contributed by atoms with Crippen molar-refractivity contribution in [3.8, 4) is 0 Å². The van der Waals surface area contributed by atoms with Crippen LogP contribution < -0.4 is 16.4 Å². The van der Waals surface area contributed by atoms with Crippen molar-refractivity contribution in [2.45, 2.75) is 12.8 Å². The molecule has 106 valence electrons. The maximum Gasteiger partial charge on any atom is 0.253 e. The first kappa shape index (κ1) is 14.3. The standard InChI is InChI=1S/C14H18N4OS/c1-9(14-17-5-6-20-14)8-18-12-7-10(15)3-4-11(12)13(19)16-2/h3-7,9,18H,8,15H2,1-2H3,(H,16,19). The van der Waals surface area contributed by atoms with Crippen molar-refractivity contribution in [1.29, 1.82) is 0 Å². The lowest BCUT2D eigenvalue weighted by atomic mass is 10.1. The number of nitrogens with zero attached hydrogens (tertiary/aromatic N) is 1. The van der Waals surface area contributed by atoms with Gasteiger partial charge in [0.05, 0.1) is 10.6 Å². The molecule has 0 radical (unpaired) electrons. The van der Waals surface area contributed by atoms with Gasteiger partial charge in [-0.25, -0.2) is 4.98 Å². The van der Waals surface area contributed by atoms with Crippen LogP contribution in [-0.2, 0) is 0 Å². The summed E-state index contributed by atoms with van der Waals surface area (Å²) in [6.45, 7) is 2.79. The van der Waals surface area contributed by atoms with Crippen molar-refractivity contribution in [1.82, 2.24) is 10.3 Å². The average molecular weight is 290 g/mol. The number of amides is 1. The van der Waals surface area contributed by atoms with Crippen LogP contribution >= 0.6 is 11.3 Å². The Balaban J connectivity index is 2.12. The molecule has 0 bridgehead atoms. The molecule has 6 heteroatoms. The van der Waals surface area contributed by atoms with Crippen LogP contribution in [0, 0.1) is 0 Å². The highest BCUT2D eigenvalue weighted by Crippen LogP contribution is 2.22. The Morgan fingerprint density at radius 3 is 2.95 bits per heavy atom.